The van der Waals surface area contributed by atoms with Crippen molar-refractivity contribution in [3.8, 4) is 0 Å². The van der Waals surface area contributed by atoms with E-state index in [1.165, 1.54) is 25.3 Å². The van der Waals surface area contributed by atoms with Crippen LogP contribution in [0.2, 0.25) is 18.1 Å². The largest absolute Gasteiger partial charge is 0.466 e. The van der Waals surface area contributed by atoms with Gasteiger partial charge in [-0.05, 0) is 42.6 Å². The second-order valence-electron chi connectivity index (χ2n) is 13.1. The van der Waals surface area contributed by atoms with Gasteiger partial charge in [0.1, 0.15) is 6.29 Å². The molecule has 41 heavy (non-hydrogen) atoms. The Kier molecular flexibility index (Phi) is 14.6. The number of aldehydes is 1. The third kappa shape index (κ3) is 11.1. The zero-order valence-corrected chi connectivity index (χ0v) is 27.7. The van der Waals surface area contributed by atoms with Gasteiger partial charge < -0.3 is 28.8 Å². The van der Waals surface area contributed by atoms with E-state index in [1.807, 2.05) is 0 Å². The molecule has 1 saturated heterocycles. The first-order chi connectivity index (χ1) is 18.9. The molecule has 1 aliphatic heterocycles. The lowest BCUT2D eigenvalue weighted by molar-refractivity contribution is -0.327. The van der Waals surface area contributed by atoms with Crippen molar-refractivity contribution in [2.24, 2.45) is 5.41 Å². The van der Waals surface area contributed by atoms with Crippen LogP contribution < -0.4 is 0 Å². The summed E-state index contributed by atoms with van der Waals surface area (Å²) in [6.45, 7) is 16.0. The SMILES string of the molecule is CCCCCCCC(=O)O[C@H]1/C(=C\C(=O)OC)C[C@@H](C[C@@H](O)CO[Si](C)(C)C(C)(C)C)O[C@@]1(O)C(C)(C)/C=C/C=O. The third-order valence-electron chi connectivity index (χ3n) is 8.23. The number of hydrogen-bond donors (Lipinski definition) is 2. The Morgan fingerprint density at radius 2 is 1.78 bits per heavy atom. The minimum Gasteiger partial charge on any atom is -0.466 e. The van der Waals surface area contributed by atoms with Crippen LogP contribution in [0.3, 0.4) is 0 Å². The van der Waals surface area contributed by atoms with Gasteiger partial charge in [-0.3, -0.25) is 9.59 Å². The molecule has 0 unspecified atom stereocenters. The lowest BCUT2D eigenvalue weighted by atomic mass is 9.74. The minimum absolute atomic E-state index is 0.0349. The van der Waals surface area contributed by atoms with E-state index < -0.39 is 49.8 Å². The number of allylic oxidation sites excluding steroid dienone is 1. The van der Waals surface area contributed by atoms with Crippen molar-refractivity contribution in [3.05, 3.63) is 23.8 Å². The molecule has 0 bridgehead atoms. The molecule has 4 atom stereocenters. The number of ether oxygens (including phenoxy) is 3. The number of hydrogen-bond acceptors (Lipinski definition) is 9. The van der Waals surface area contributed by atoms with Gasteiger partial charge in [0.05, 0.1) is 25.9 Å². The van der Waals surface area contributed by atoms with Gasteiger partial charge in [-0.15, -0.1) is 0 Å². The Hall–Kier alpha value is -1.85. The highest BCUT2D eigenvalue weighted by Crippen LogP contribution is 2.46. The summed E-state index contributed by atoms with van der Waals surface area (Å²) in [7, 11) is -0.883. The van der Waals surface area contributed by atoms with Gasteiger partial charge in [-0.25, -0.2) is 4.79 Å². The standard InChI is InChI=1S/C31H54O9Si/c1-10-11-12-13-14-16-26(34)39-28-23(20-27(35)37-7)19-25(40-31(28,36)30(5,6)17-15-18-32)21-24(33)22-38-41(8,9)29(2,3)4/h15,17-18,20,24-25,28,33,36H,10-14,16,19,21-22H2,1-9H3/b17-15+,23-20-/t24-,25+,28+,31-/m1/s1. The van der Waals surface area contributed by atoms with Crippen molar-refractivity contribution in [2.75, 3.05) is 13.7 Å². The number of rotatable bonds is 16. The van der Waals surface area contributed by atoms with Gasteiger partial charge >= 0.3 is 11.9 Å². The van der Waals surface area contributed by atoms with Gasteiger partial charge in [-0.2, -0.15) is 0 Å². The highest BCUT2D eigenvalue weighted by molar-refractivity contribution is 6.74. The Labute approximate surface area is 247 Å². The van der Waals surface area contributed by atoms with Crippen molar-refractivity contribution in [1.29, 1.82) is 0 Å². The number of aliphatic hydroxyl groups is 2. The van der Waals surface area contributed by atoms with Gasteiger partial charge in [-0.1, -0.05) is 73.3 Å². The number of unbranched alkanes of at least 4 members (excludes halogenated alkanes) is 4. The monoisotopic (exact) mass is 598 g/mol. The molecular formula is C31H54O9Si. The maximum absolute atomic E-state index is 12.9. The van der Waals surface area contributed by atoms with Crippen molar-refractivity contribution < 1.29 is 43.2 Å². The highest BCUT2D eigenvalue weighted by Gasteiger charge is 2.57. The fraction of sp³-hybridized carbons (Fsp3) is 0.774. The van der Waals surface area contributed by atoms with E-state index in [2.05, 4.69) is 40.8 Å². The maximum atomic E-state index is 12.9. The second kappa shape index (κ2) is 16.1. The van der Waals surface area contributed by atoms with E-state index in [0.29, 0.717) is 18.3 Å². The Balaban J connectivity index is 3.33. The summed E-state index contributed by atoms with van der Waals surface area (Å²) in [4.78, 5) is 36.5. The maximum Gasteiger partial charge on any atom is 0.330 e. The molecule has 0 amide bonds. The van der Waals surface area contributed by atoms with E-state index in [9.17, 15) is 24.6 Å². The summed E-state index contributed by atoms with van der Waals surface area (Å²) in [6, 6.07) is 0. The molecule has 1 aliphatic rings. The fourth-order valence-corrected chi connectivity index (χ4v) is 5.50. The first kappa shape index (κ1) is 37.2. The molecule has 1 heterocycles. The third-order valence-corrected chi connectivity index (χ3v) is 12.7. The fourth-order valence-electron chi connectivity index (χ4n) is 4.46. The van der Waals surface area contributed by atoms with Crippen LogP contribution in [0, 0.1) is 5.41 Å². The van der Waals surface area contributed by atoms with Crippen LogP contribution in [0.1, 0.15) is 92.9 Å². The number of methoxy groups -OCH3 is 1. The molecule has 0 saturated carbocycles. The zero-order chi connectivity index (χ0) is 31.5. The van der Waals surface area contributed by atoms with Gasteiger partial charge in [0.15, 0.2) is 14.4 Å². The van der Waals surface area contributed by atoms with Crippen LogP contribution in [-0.2, 0) is 33.0 Å². The number of carbonyl (C=O) groups excluding carboxylic acids is 3. The van der Waals surface area contributed by atoms with E-state index in [4.69, 9.17) is 18.6 Å². The molecule has 0 radical (unpaired) electrons. The Morgan fingerprint density at radius 3 is 2.34 bits per heavy atom. The number of esters is 2. The lowest BCUT2D eigenvalue weighted by Gasteiger charge is -2.50. The molecule has 0 aromatic heterocycles. The molecule has 0 aromatic carbocycles. The van der Waals surface area contributed by atoms with Gasteiger partial charge in [0.25, 0.3) is 0 Å². The van der Waals surface area contributed by atoms with Crippen molar-refractivity contribution >= 4 is 26.5 Å². The zero-order valence-electron chi connectivity index (χ0n) is 26.7. The smallest absolute Gasteiger partial charge is 0.330 e. The predicted molar refractivity (Wildman–Crippen MR) is 161 cm³/mol. The highest BCUT2D eigenvalue weighted by atomic mass is 28.4. The average Bonchev–Trinajstić information content (AvgIpc) is 2.87. The second-order valence-corrected chi connectivity index (χ2v) is 17.9. The van der Waals surface area contributed by atoms with Crippen LogP contribution in [0.5, 0.6) is 0 Å². The summed E-state index contributed by atoms with van der Waals surface area (Å²) in [6.07, 6.45) is 6.56. The number of carbonyl (C=O) groups is 3. The molecule has 2 N–H and O–H groups in total. The molecule has 0 aromatic rings. The Morgan fingerprint density at radius 1 is 1.15 bits per heavy atom. The van der Waals surface area contributed by atoms with Crippen molar-refractivity contribution in [1.82, 2.24) is 0 Å². The van der Waals surface area contributed by atoms with Gasteiger partial charge in [0, 0.05) is 24.3 Å². The summed E-state index contributed by atoms with van der Waals surface area (Å²) >= 11 is 0. The number of aliphatic hydroxyl groups excluding tert-OH is 1. The van der Waals surface area contributed by atoms with E-state index >= 15 is 0 Å². The normalized spacial score (nSPS) is 23.9. The molecule has 0 aliphatic carbocycles. The molecule has 1 fully saturated rings. The molecule has 0 spiro atoms. The summed E-state index contributed by atoms with van der Waals surface area (Å²) in [5.41, 5.74) is -0.934. The summed E-state index contributed by atoms with van der Waals surface area (Å²) in [5.74, 6) is -3.36. The molecule has 9 nitrogen and oxygen atoms in total. The predicted octanol–water partition coefficient (Wildman–Crippen LogP) is 5.39. The first-order valence-corrected chi connectivity index (χ1v) is 17.7. The topological polar surface area (TPSA) is 129 Å². The average molecular weight is 599 g/mol. The molecular weight excluding hydrogens is 544 g/mol. The van der Waals surface area contributed by atoms with Gasteiger partial charge in [0.2, 0.25) is 5.79 Å². The Bertz CT molecular complexity index is 919. The van der Waals surface area contributed by atoms with E-state index in [1.54, 1.807) is 13.8 Å². The van der Waals surface area contributed by atoms with Crippen LogP contribution in [0.15, 0.2) is 23.8 Å². The molecule has 236 valence electrons. The van der Waals surface area contributed by atoms with Crippen LogP contribution >= 0.6 is 0 Å². The molecule has 1 rings (SSSR count). The molecule has 10 heteroatoms. The minimum atomic E-state index is -2.16. The van der Waals surface area contributed by atoms with E-state index in [0.717, 1.165) is 25.7 Å². The van der Waals surface area contributed by atoms with Crippen molar-refractivity contribution in [3.63, 3.8) is 0 Å². The van der Waals surface area contributed by atoms with Crippen LogP contribution in [0.4, 0.5) is 0 Å². The summed E-state index contributed by atoms with van der Waals surface area (Å²) < 4.78 is 23.1. The summed E-state index contributed by atoms with van der Waals surface area (Å²) in [5, 5.41) is 23.0. The van der Waals surface area contributed by atoms with E-state index in [-0.39, 0.29) is 30.9 Å². The van der Waals surface area contributed by atoms with Crippen LogP contribution in [0.25, 0.3) is 0 Å². The quantitative estimate of drug-likeness (QED) is 0.0790. The lowest BCUT2D eigenvalue weighted by Crippen LogP contribution is -2.62. The van der Waals surface area contributed by atoms with Crippen LogP contribution in [-0.4, -0.2) is 74.6 Å². The first-order valence-electron chi connectivity index (χ1n) is 14.8. The van der Waals surface area contributed by atoms with Crippen molar-refractivity contribution in [2.45, 2.75) is 135 Å².